The SMILES string of the molecule is CCc1nc([C@H](C)NCCF)nc(C)c1C(C)C. The van der Waals surface area contributed by atoms with E-state index in [2.05, 4.69) is 36.1 Å². The molecule has 1 heterocycles. The van der Waals surface area contributed by atoms with Crippen LogP contribution in [0.25, 0.3) is 0 Å². The van der Waals surface area contributed by atoms with Gasteiger partial charge in [0.2, 0.25) is 0 Å². The van der Waals surface area contributed by atoms with Gasteiger partial charge < -0.3 is 5.32 Å². The van der Waals surface area contributed by atoms with Gasteiger partial charge in [-0.1, -0.05) is 20.8 Å². The number of aryl methyl sites for hydroxylation is 2. The van der Waals surface area contributed by atoms with Crippen LogP contribution in [0, 0.1) is 6.92 Å². The molecule has 1 rings (SSSR count). The molecule has 1 aromatic heterocycles. The van der Waals surface area contributed by atoms with Crippen molar-refractivity contribution in [3.63, 3.8) is 0 Å². The number of hydrogen-bond donors (Lipinski definition) is 1. The van der Waals surface area contributed by atoms with Crippen molar-refractivity contribution in [2.45, 2.75) is 53.0 Å². The number of alkyl halides is 1. The summed E-state index contributed by atoms with van der Waals surface area (Å²) in [6.07, 6.45) is 0.902. The van der Waals surface area contributed by atoms with Crippen LogP contribution >= 0.6 is 0 Å². The molecule has 0 spiro atoms. The van der Waals surface area contributed by atoms with Crippen LogP contribution in [0.5, 0.6) is 0 Å². The molecule has 3 nitrogen and oxygen atoms in total. The second kappa shape index (κ2) is 6.78. The Kier molecular flexibility index (Phi) is 5.66. The Morgan fingerprint density at radius 1 is 1.22 bits per heavy atom. The Balaban J connectivity index is 3.06. The molecule has 1 aromatic rings. The summed E-state index contributed by atoms with van der Waals surface area (Å²) in [4.78, 5) is 9.19. The fourth-order valence-corrected chi connectivity index (χ4v) is 2.24. The molecular weight excluding hydrogens is 229 g/mol. The summed E-state index contributed by atoms with van der Waals surface area (Å²) in [5.74, 6) is 1.20. The van der Waals surface area contributed by atoms with E-state index in [9.17, 15) is 4.39 Å². The van der Waals surface area contributed by atoms with Crippen molar-refractivity contribution < 1.29 is 4.39 Å². The van der Waals surface area contributed by atoms with Crippen molar-refractivity contribution in [1.82, 2.24) is 15.3 Å². The van der Waals surface area contributed by atoms with Gasteiger partial charge in [-0.3, -0.25) is 0 Å². The maximum atomic E-state index is 12.2. The van der Waals surface area contributed by atoms with Crippen molar-refractivity contribution in [3.8, 4) is 0 Å². The number of aromatic nitrogens is 2. The van der Waals surface area contributed by atoms with Gasteiger partial charge in [0, 0.05) is 17.9 Å². The molecule has 0 saturated carbocycles. The minimum absolute atomic E-state index is 0.00837. The largest absolute Gasteiger partial charge is 0.305 e. The first-order chi connectivity index (χ1) is 8.51. The lowest BCUT2D eigenvalue weighted by molar-refractivity contribution is 0.436. The van der Waals surface area contributed by atoms with Crippen molar-refractivity contribution in [3.05, 3.63) is 22.8 Å². The summed E-state index contributed by atoms with van der Waals surface area (Å²) in [6, 6.07) is -0.00837. The second-order valence-electron chi connectivity index (χ2n) is 4.90. The van der Waals surface area contributed by atoms with Gasteiger partial charge in [-0.25, -0.2) is 14.4 Å². The predicted octanol–water partition coefficient (Wildman–Crippen LogP) is 3.09. The van der Waals surface area contributed by atoms with Gasteiger partial charge in [-0.15, -0.1) is 0 Å². The highest BCUT2D eigenvalue weighted by molar-refractivity contribution is 5.29. The second-order valence-corrected chi connectivity index (χ2v) is 4.90. The van der Waals surface area contributed by atoms with Crippen LogP contribution < -0.4 is 5.32 Å². The Hall–Kier alpha value is -1.03. The zero-order valence-electron chi connectivity index (χ0n) is 12.0. The highest BCUT2D eigenvalue weighted by Crippen LogP contribution is 2.23. The molecule has 0 amide bonds. The molecule has 0 radical (unpaired) electrons. The zero-order valence-corrected chi connectivity index (χ0v) is 12.0. The van der Waals surface area contributed by atoms with Crippen LogP contribution in [-0.4, -0.2) is 23.2 Å². The topological polar surface area (TPSA) is 37.8 Å². The number of hydrogen-bond acceptors (Lipinski definition) is 3. The van der Waals surface area contributed by atoms with Crippen LogP contribution in [0.15, 0.2) is 0 Å². The first-order valence-electron chi connectivity index (χ1n) is 6.67. The zero-order chi connectivity index (χ0) is 13.7. The van der Waals surface area contributed by atoms with E-state index in [1.165, 1.54) is 5.56 Å². The third kappa shape index (κ3) is 3.48. The summed E-state index contributed by atoms with van der Waals surface area (Å²) < 4.78 is 12.2. The summed E-state index contributed by atoms with van der Waals surface area (Å²) in [5, 5.41) is 3.08. The van der Waals surface area contributed by atoms with E-state index in [0.29, 0.717) is 12.5 Å². The van der Waals surface area contributed by atoms with Crippen LogP contribution in [-0.2, 0) is 6.42 Å². The highest BCUT2D eigenvalue weighted by Gasteiger charge is 2.16. The van der Waals surface area contributed by atoms with Crippen molar-refractivity contribution in [2.75, 3.05) is 13.2 Å². The molecule has 0 fully saturated rings. The molecule has 0 bridgehead atoms. The van der Waals surface area contributed by atoms with E-state index in [1.54, 1.807) is 0 Å². The first kappa shape index (κ1) is 15.0. The van der Waals surface area contributed by atoms with E-state index in [4.69, 9.17) is 0 Å². The van der Waals surface area contributed by atoms with Gasteiger partial charge in [0.15, 0.2) is 0 Å². The lowest BCUT2D eigenvalue weighted by Gasteiger charge is -2.18. The van der Waals surface area contributed by atoms with Crippen LogP contribution in [0.1, 0.15) is 62.4 Å². The van der Waals surface area contributed by atoms with Gasteiger partial charge in [-0.05, 0) is 31.7 Å². The van der Waals surface area contributed by atoms with Crippen LogP contribution in [0.2, 0.25) is 0 Å². The molecule has 1 atom stereocenters. The van der Waals surface area contributed by atoms with Crippen LogP contribution in [0.4, 0.5) is 4.39 Å². The van der Waals surface area contributed by atoms with Gasteiger partial charge in [0.1, 0.15) is 12.5 Å². The Labute approximate surface area is 109 Å². The Morgan fingerprint density at radius 3 is 2.39 bits per heavy atom. The highest BCUT2D eigenvalue weighted by atomic mass is 19.1. The Bertz CT molecular complexity index is 391. The summed E-state index contributed by atoms with van der Waals surface area (Å²) >= 11 is 0. The molecule has 18 heavy (non-hydrogen) atoms. The molecule has 4 heteroatoms. The quantitative estimate of drug-likeness (QED) is 0.846. The molecule has 0 aliphatic rings. The summed E-state index contributed by atoms with van der Waals surface area (Å²) in [7, 11) is 0. The average Bonchev–Trinajstić information content (AvgIpc) is 2.34. The Morgan fingerprint density at radius 2 is 1.89 bits per heavy atom. The maximum absolute atomic E-state index is 12.2. The lowest BCUT2D eigenvalue weighted by atomic mass is 9.98. The fourth-order valence-electron chi connectivity index (χ4n) is 2.24. The van der Waals surface area contributed by atoms with E-state index in [0.717, 1.165) is 23.6 Å². The van der Waals surface area contributed by atoms with E-state index in [1.807, 2.05) is 13.8 Å². The minimum atomic E-state index is -0.367. The maximum Gasteiger partial charge on any atom is 0.145 e. The van der Waals surface area contributed by atoms with E-state index in [-0.39, 0.29) is 12.7 Å². The average molecular weight is 253 g/mol. The number of rotatable bonds is 6. The predicted molar refractivity (Wildman–Crippen MR) is 72.6 cm³/mol. The van der Waals surface area contributed by atoms with Crippen molar-refractivity contribution in [1.29, 1.82) is 0 Å². The lowest BCUT2D eigenvalue weighted by Crippen LogP contribution is -2.24. The monoisotopic (exact) mass is 253 g/mol. The molecule has 102 valence electrons. The smallest absolute Gasteiger partial charge is 0.145 e. The number of nitrogens with zero attached hydrogens (tertiary/aromatic N) is 2. The molecule has 1 N–H and O–H groups in total. The molecule has 0 aliphatic carbocycles. The molecule has 0 aromatic carbocycles. The summed E-state index contributed by atoms with van der Waals surface area (Å²) in [5.41, 5.74) is 3.40. The standard InChI is InChI=1S/C14H24FN3/c1-6-12-13(9(2)3)10(4)17-14(18-12)11(5)16-8-7-15/h9,11,16H,6-8H2,1-5H3/t11-/m0/s1. The van der Waals surface area contributed by atoms with E-state index < -0.39 is 0 Å². The van der Waals surface area contributed by atoms with Crippen molar-refractivity contribution >= 4 is 0 Å². The van der Waals surface area contributed by atoms with E-state index >= 15 is 0 Å². The normalized spacial score (nSPS) is 13.1. The van der Waals surface area contributed by atoms with Gasteiger partial charge in [0.05, 0.1) is 6.04 Å². The third-order valence-corrected chi connectivity index (χ3v) is 3.08. The molecule has 0 saturated heterocycles. The minimum Gasteiger partial charge on any atom is -0.305 e. The molecular formula is C14H24FN3. The molecule has 0 aliphatic heterocycles. The fraction of sp³-hybridized carbons (Fsp3) is 0.714. The van der Waals surface area contributed by atoms with Crippen LogP contribution in [0.3, 0.4) is 0 Å². The number of halogens is 1. The number of nitrogens with one attached hydrogen (secondary N) is 1. The van der Waals surface area contributed by atoms with Gasteiger partial charge >= 0.3 is 0 Å². The van der Waals surface area contributed by atoms with Gasteiger partial charge in [-0.2, -0.15) is 0 Å². The van der Waals surface area contributed by atoms with Crippen molar-refractivity contribution in [2.24, 2.45) is 0 Å². The molecule has 0 unspecified atom stereocenters. The summed E-state index contributed by atoms with van der Waals surface area (Å²) in [6.45, 7) is 10.4. The first-order valence-corrected chi connectivity index (χ1v) is 6.67. The van der Waals surface area contributed by atoms with Gasteiger partial charge in [0.25, 0.3) is 0 Å². The third-order valence-electron chi connectivity index (χ3n) is 3.08.